The normalized spacial score (nSPS) is 10.1. The number of methoxy groups -OCH3 is 1. The number of urea groups is 1. The van der Waals surface area contributed by atoms with Crippen LogP contribution in [-0.4, -0.2) is 43.5 Å². The highest BCUT2D eigenvalue weighted by atomic mass is 32.1. The van der Waals surface area contributed by atoms with Crippen molar-refractivity contribution in [1.82, 2.24) is 10.2 Å². The third-order valence-corrected chi connectivity index (χ3v) is 4.42. The molecular formula is C18H21N3O4S. The predicted octanol–water partition coefficient (Wildman–Crippen LogP) is 2.70. The van der Waals surface area contributed by atoms with Crippen LogP contribution in [0.3, 0.4) is 0 Å². The van der Waals surface area contributed by atoms with Crippen LogP contribution in [0.1, 0.15) is 21.7 Å². The average Bonchev–Trinajstić information content (AvgIpc) is 3.14. The minimum absolute atomic E-state index is 0.118. The van der Waals surface area contributed by atoms with E-state index in [0.717, 1.165) is 4.88 Å². The number of esters is 1. The molecule has 0 unspecified atom stereocenters. The Morgan fingerprint density at radius 1 is 1.15 bits per heavy atom. The Labute approximate surface area is 156 Å². The molecule has 2 aromatic rings. The second-order valence-electron chi connectivity index (χ2n) is 5.52. The average molecular weight is 375 g/mol. The summed E-state index contributed by atoms with van der Waals surface area (Å²) in [6.07, 6.45) is 0.118. The summed E-state index contributed by atoms with van der Waals surface area (Å²) in [5.74, 6) is -0.670. The van der Waals surface area contributed by atoms with Gasteiger partial charge in [-0.15, -0.1) is 11.3 Å². The van der Waals surface area contributed by atoms with Gasteiger partial charge >= 0.3 is 12.0 Å². The van der Waals surface area contributed by atoms with E-state index in [2.05, 4.69) is 15.4 Å². The molecule has 1 aromatic heterocycles. The van der Waals surface area contributed by atoms with Gasteiger partial charge in [-0.3, -0.25) is 9.59 Å². The monoisotopic (exact) mass is 375 g/mol. The van der Waals surface area contributed by atoms with E-state index in [9.17, 15) is 14.4 Å². The van der Waals surface area contributed by atoms with Crippen molar-refractivity contribution in [3.05, 3.63) is 52.2 Å². The lowest BCUT2D eigenvalue weighted by molar-refractivity contribution is -0.140. The van der Waals surface area contributed by atoms with Crippen LogP contribution in [0.15, 0.2) is 41.8 Å². The molecule has 8 heteroatoms. The van der Waals surface area contributed by atoms with Crippen molar-refractivity contribution >= 4 is 34.9 Å². The summed E-state index contributed by atoms with van der Waals surface area (Å²) in [4.78, 5) is 37.9. The molecule has 2 rings (SSSR count). The van der Waals surface area contributed by atoms with Crippen molar-refractivity contribution in [2.45, 2.75) is 13.0 Å². The minimum atomic E-state index is -0.380. The molecule has 7 nitrogen and oxygen atoms in total. The lowest BCUT2D eigenvalue weighted by Gasteiger charge is -2.17. The van der Waals surface area contributed by atoms with E-state index in [1.165, 1.54) is 7.11 Å². The van der Waals surface area contributed by atoms with Crippen molar-refractivity contribution in [2.24, 2.45) is 0 Å². The lowest BCUT2D eigenvalue weighted by atomic mass is 10.2. The smallest absolute Gasteiger partial charge is 0.321 e. The molecule has 0 aliphatic rings. The van der Waals surface area contributed by atoms with Crippen LogP contribution in [0.25, 0.3) is 0 Å². The first-order valence-corrected chi connectivity index (χ1v) is 8.87. The number of nitrogens with one attached hydrogen (secondary N) is 2. The lowest BCUT2D eigenvalue weighted by Crippen LogP contribution is -2.30. The quantitative estimate of drug-likeness (QED) is 0.729. The van der Waals surface area contributed by atoms with Crippen LogP contribution >= 0.6 is 11.3 Å². The number of amides is 3. The molecule has 1 heterocycles. The predicted molar refractivity (Wildman–Crippen MR) is 100 cm³/mol. The van der Waals surface area contributed by atoms with Gasteiger partial charge in [0, 0.05) is 29.7 Å². The Morgan fingerprint density at radius 2 is 1.88 bits per heavy atom. The van der Waals surface area contributed by atoms with Crippen molar-refractivity contribution in [3.8, 4) is 0 Å². The van der Waals surface area contributed by atoms with E-state index in [1.54, 1.807) is 47.5 Å². The zero-order chi connectivity index (χ0) is 18.9. The van der Waals surface area contributed by atoms with Crippen LogP contribution in [-0.2, 0) is 16.1 Å². The molecule has 0 spiro atoms. The third-order valence-electron chi connectivity index (χ3n) is 3.56. The fraction of sp³-hybridized carbons (Fsp3) is 0.278. The van der Waals surface area contributed by atoms with E-state index in [-0.39, 0.29) is 30.9 Å². The number of anilines is 1. The Hall–Kier alpha value is -2.87. The fourth-order valence-electron chi connectivity index (χ4n) is 2.11. The molecule has 3 amide bonds. The van der Waals surface area contributed by atoms with Crippen LogP contribution in [0.2, 0.25) is 0 Å². The van der Waals surface area contributed by atoms with Gasteiger partial charge < -0.3 is 20.3 Å². The van der Waals surface area contributed by atoms with E-state index >= 15 is 0 Å². The van der Waals surface area contributed by atoms with Crippen molar-refractivity contribution in [2.75, 3.05) is 26.0 Å². The van der Waals surface area contributed by atoms with Gasteiger partial charge in [-0.2, -0.15) is 0 Å². The van der Waals surface area contributed by atoms with Crippen LogP contribution in [0.4, 0.5) is 10.5 Å². The van der Waals surface area contributed by atoms with Gasteiger partial charge in [0.15, 0.2) is 0 Å². The van der Waals surface area contributed by atoms with E-state index in [4.69, 9.17) is 0 Å². The van der Waals surface area contributed by atoms with E-state index in [0.29, 0.717) is 17.8 Å². The second-order valence-corrected chi connectivity index (χ2v) is 6.56. The highest BCUT2D eigenvalue weighted by molar-refractivity contribution is 7.09. The number of hydrogen-bond acceptors (Lipinski definition) is 5. The molecule has 138 valence electrons. The number of nitrogens with zero attached hydrogens (tertiary/aromatic N) is 1. The standard InChI is InChI=1S/C18H21N3O4S/c1-21(12-15-4-3-11-26-15)18(24)20-14-7-5-13(6-8-14)17(23)19-10-9-16(22)25-2/h3-8,11H,9-10,12H2,1-2H3,(H,19,23)(H,20,24). The molecule has 0 bridgehead atoms. The van der Waals surface area contributed by atoms with E-state index < -0.39 is 0 Å². The number of thiophene rings is 1. The van der Waals surface area contributed by atoms with Gasteiger partial charge in [0.25, 0.3) is 5.91 Å². The summed E-state index contributed by atoms with van der Waals surface area (Å²) < 4.78 is 4.51. The number of carbonyl (C=O) groups excluding carboxylic acids is 3. The third kappa shape index (κ3) is 5.89. The Kier molecular flexibility index (Phi) is 7.16. The van der Waals surface area contributed by atoms with Gasteiger partial charge in [0.2, 0.25) is 0 Å². The molecule has 0 fully saturated rings. The Bertz CT molecular complexity index is 744. The Morgan fingerprint density at radius 3 is 2.50 bits per heavy atom. The molecule has 0 aliphatic carbocycles. The zero-order valence-electron chi connectivity index (χ0n) is 14.7. The second kappa shape index (κ2) is 9.57. The van der Waals surface area contributed by atoms with Crippen molar-refractivity contribution in [1.29, 1.82) is 0 Å². The largest absolute Gasteiger partial charge is 0.469 e. The summed E-state index contributed by atoms with van der Waals surface area (Å²) >= 11 is 1.59. The number of carbonyl (C=O) groups is 3. The Balaban J connectivity index is 1.83. The molecule has 0 saturated heterocycles. The van der Waals surface area contributed by atoms with Crippen molar-refractivity contribution in [3.63, 3.8) is 0 Å². The number of ether oxygens (including phenoxy) is 1. The van der Waals surface area contributed by atoms with Gasteiger partial charge in [-0.1, -0.05) is 6.07 Å². The fourth-order valence-corrected chi connectivity index (χ4v) is 2.87. The van der Waals surface area contributed by atoms with Gasteiger partial charge in [0.05, 0.1) is 20.1 Å². The number of rotatable bonds is 7. The maximum absolute atomic E-state index is 12.2. The number of benzene rings is 1. The topological polar surface area (TPSA) is 87.7 Å². The minimum Gasteiger partial charge on any atom is -0.469 e. The first-order chi connectivity index (χ1) is 12.5. The SMILES string of the molecule is COC(=O)CCNC(=O)c1ccc(NC(=O)N(C)Cc2cccs2)cc1. The summed E-state index contributed by atoms with van der Waals surface area (Å²) in [5, 5.41) is 7.39. The summed E-state index contributed by atoms with van der Waals surface area (Å²) in [6, 6.07) is 10.2. The zero-order valence-corrected chi connectivity index (χ0v) is 15.5. The van der Waals surface area contributed by atoms with Gasteiger partial charge in [-0.25, -0.2) is 4.79 Å². The highest BCUT2D eigenvalue weighted by Gasteiger charge is 2.11. The molecular weight excluding hydrogens is 354 g/mol. The summed E-state index contributed by atoms with van der Waals surface area (Å²) in [7, 11) is 3.02. The van der Waals surface area contributed by atoms with Crippen LogP contribution in [0.5, 0.6) is 0 Å². The maximum atomic E-state index is 12.2. The molecule has 0 aliphatic heterocycles. The van der Waals surface area contributed by atoms with E-state index in [1.807, 2.05) is 17.5 Å². The number of hydrogen-bond donors (Lipinski definition) is 2. The van der Waals surface area contributed by atoms with Gasteiger partial charge in [0.1, 0.15) is 0 Å². The molecule has 1 aromatic carbocycles. The first-order valence-electron chi connectivity index (χ1n) is 7.99. The molecule has 2 N–H and O–H groups in total. The summed E-state index contributed by atoms with van der Waals surface area (Å²) in [5.41, 5.74) is 1.04. The molecule has 26 heavy (non-hydrogen) atoms. The first kappa shape index (κ1) is 19.5. The van der Waals surface area contributed by atoms with Crippen molar-refractivity contribution < 1.29 is 19.1 Å². The highest BCUT2D eigenvalue weighted by Crippen LogP contribution is 2.13. The summed E-state index contributed by atoms with van der Waals surface area (Å²) in [6.45, 7) is 0.738. The molecule has 0 atom stereocenters. The van der Waals surface area contributed by atoms with Crippen LogP contribution in [0, 0.1) is 0 Å². The van der Waals surface area contributed by atoms with Gasteiger partial charge in [-0.05, 0) is 35.7 Å². The van der Waals surface area contributed by atoms with Crippen LogP contribution < -0.4 is 10.6 Å². The molecule has 0 saturated carbocycles. The molecule has 0 radical (unpaired) electrons. The maximum Gasteiger partial charge on any atom is 0.321 e.